The topological polar surface area (TPSA) is 48.8 Å². The molecule has 0 spiro atoms. The van der Waals surface area contributed by atoms with E-state index in [2.05, 4.69) is 32.8 Å². The van der Waals surface area contributed by atoms with E-state index in [9.17, 15) is 4.39 Å². The van der Waals surface area contributed by atoms with Gasteiger partial charge in [0.15, 0.2) is 10.3 Å². The predicted molar refractivity (Wildman–Crippen MR) is 105 cm³/mol. The molecule has 7 heteroatoms. The summed E-state index contributed by atoms with van der Waals surface area (Å²) >= 11 is 7.16. The third kappa shape index (κ3) is 5.08. The fourth-order valence-corrected chi connectivity index (χ4v) is 2.79. The lowest BCUT2D eigenvalue weighted by molar-refractivity contribution is 0.628. The van der Waals surface area contributed by atoms with Gasteiger partial charge in [0.2, 0.25) is 0 Å². The molecule has 0 saturated heterocycles. The van der Waals surface area contributed by atoms with Crippen molar-refractivity contribution in [1.29, 1.82) is 0 Å². The van der Waals surface area contributed by atoms with Crippen LogP contribution in [0, 0.1) is 5.82 Å². The number of hydrogen-bond donors (Lipinski definition) is 2. The van der Waals surface area contributed by atoms with Crippen molar-refractivity contribution in [1.82, 2.24) is 5.32 Å². The monoisotopic (exact) mass is 374 g/mol. The highest BCUT2D eigenvalue weighted by atomic mass is 35.5. The van der Waals surface area contributed by atoms with Crippen molar-refractivity contribution in [2.45, 2.75) is 13.5 Å². The zero-order valence-electron chi connectivity index (χ0n) is 13.5. The molecule has 4 nitrogen and oxygen atoms in total. The molecular formula is C18H16ClFN4S. The molecule has 0 aliphatic carbocycles. The molecule has 0 radical (unpaired) electrons. The van der Waals surface area contributed by atoms with E-state index in [1.165, 1.54) is 29.5 Å². The van der Waals surface area contributed by atoms with Gasteiger partial charge >= 0.3 is 0 Å². The minimum Gasteiger partial charge on any atom is -0.383 e. The van der Waals surface area contributed by atoms with Crippen LogP contribution in [-0.2, 0) is 6.54 Å². The van der Waals surface area contributed by atoms with Gasteiger partial charge in [-0.05, 0) is 42.4 Å². The summed E-state index contributed by atoms with van der Waals surface area (Å²) in [6, 6.07) is 14.6. The smallest absolute Gasteiger partial charge is 0.197 e. The fourth-order valence-electron chi connectivity index (χ4n) is 2.02. The lowest BCUT2D eigenvalue weighted by Gasteiger charge is -2.16. The van der Waals surface area contributed by atoms with Crippen molar-refractivity contribution in [2.75, 3.05) is 5.32 Å². The van der Waals surface area contributed by atoms with Crippen LogP contribution < -0.4 is 10.6 Å². The van der Waals surface area contributed by atoms with Crippen LogP contribution in [0.25, 0.3) is 0 Å². The number of anilines is 1. The normalized spacial score (nSPS) is 15.6. The molecular weight excluding hydrogens is 359 g/mol. The predicted octanol–water partition coefficient (Wildman–Crippen LogP) is 5.00. The molecule has 25 heavy (non-hydrogen) atoms. The van der Waals surface area contributed by atoms with Crippen LogP contribution in [-0.4, -0.2) is 10.3 Å². The van der Waals surface area contributed by atoms with E-state index in [-0.39, 0.29) is 5.02 Å². The third-order valence-corrected chi connectivity index (χ3v) is 4.39. The van der Waals surface area contributed by atoms with Gasteiger partial charge in [-0.1, -0.05) is 41.9 Å². The van der Waals surface area contributed by atoms with Crippen molar-refractivity contribution < 1.29 is 4.39 Å². The number of aliphatic imine (C=N–C) groups is 2. The first-order valence-electron chi connectivity index (χ1n) is 7.61. The number of rotatable bonds is 5. The molecule has 0 bridgehead atoms. The second kappa shape index (κ2) is 8.18. The van der Waals surface area contributed by atoms with Crippen LogP contribution in [0.2, 0.25) is 5.02 Å². The number of amidine groups is 2. The Kier molecular flexibility index (Phi) is 5.73. The molecule has 0 unspecified atom stereocenters. The Morgan fingerprint density at radius 2 is 2.04 bits per heavy atom. The van der Waals surface area contributed by atoms with Gasteiger partial charge in [-0.15, -0.1) is 0 Å². The van der Waals surface area contributed by atoms with Crippen LogP contribution >= 0.6 is 23.4 Å². The first-order valence-corrected chi connectivity index (χ1v) is 8.80. The molecule has 2 N–H and O–H groups in total. The quantitative estimate of drug-likeness (QED) is 0.774. The van der Waals surface area contributed by atoms with Gasteiger partial charge in [-0.3, -0.25) is 0 Å². The van der Waals surface area contributed by atoms with Gasteiger partial charge in [0, 0.05) is 24.1 Å². The Morgan fingerprint density at radius 3 is 2.76 bits per heavy atom. The number of nitrogens with zero attached hydrogens (tertiary/aromatic N) is 2. The molecule has 2 aromatic rings. The Labute approximate surface area is 154 Å². The van der Waals surface area contributed by atoms with Crippen molar-refractivity contribution in [2.24, 2.45) is 9.98 Å². The molecule has 0 fully saturated rings. The number of nitrogens with one attached hydrogen (secondary N) is 2. The second-order valence-electron chi connectivity index (χ2n) is 5.34. The highest BCUT2D eigenvalue weighted by Gasteiger charge is 2.17. The Bertz CT molecular complexity index is 849. The number of halogens is 2. The van der Waals surface area contributed by atoms with Crippen molar-refractivity contribution in [3.63, 3.8) is 0 Å². The SMILES string of the molecule is CC(=CN=C1N=C(Nc2ccc(F)c(Cl)c2)S1)NCc1ccccc1. The molecule has 2 aromatic carbocycles. The summed E-state index contributed by atoms with van der Waals surface area (Å²) in [5, 5.41) is 7.79. The molecule has 3 rings (SSSR count). The largest absolute Gasteiger partial charge is 0.383 e. The van der Waals surface area contributed by atoms with Gasteiger partial charge < -0.3 is 10.6 Å². The molecule has 0 atom stereocenters. The summed E-state index contributed by atoms with van der Waals surface area (Å²) in [7, 11) is 0. The summed E-state index contributed by atoms with van der Waals surface area (Å²) in [5.41, 5.74) is 2.86. The average Bonchev–Trinajstić information content (AvgIpc) is 2.59. The van der Waals surface area contributed by atoms with Crippen molar-refractivity contribution in [3.05, 3.63) is 76.8 Å². The maximum Gasteiger partial charge on any atom is 0.197 e. The van der Waals surface area contributed by atoms with Crippen molar-refractivity contribution >= 4 is 39.4 Å². The lowest BCUT2D eigenvalue weighted by Crippen LogP contribution is -2.19. The van der Waals surface area contributed by atoms with Crippen LogP contribution in [0.3, 0.4) is 0 Å². The van der Waals surface area contributed by atoms with Gasteiger partial charge in [0.1, 0.15) is 5.82 Å². The number of benzene rings is 2. The van der Waals surface area contributed by atoms with E-state index >= 15 is 0 Å². The summed E-state index contributed by atoms with van der Waals surface area (Å²) in [6.07, 6.45) is 1.75. The zero-order valence-corrected chi connectivity index (χ0v) is 15.0. The van der Waals surface area contributed by atoms with E-state index < -0.39 is 5.82 Å². The molecule has 0 aromatic heterocycles. The van der Waals surface area contributed by atoms with E-state index in [0.717, 1.165) is 12.2 Å². The Hall–Kier alpha value is -2.31. The van der Waals surface area contributed by atoms with E-state index in [1.807, 2.05) is 25.1 Å². The number of allylic oxidation sites excluding steroid dienone is 1. The fraction of sp³-hybridized carbons (Fsp3) is 0.111. The summed E-state index contributed by atoms with van der Waals surface area (Å²) in [6.45, 7) is 2.71. The minimum atomic E-state index is -0.443. The van der Waals surface area contributed by atoms with E-state index in [4.69, 9.17) is 11.6 Å². The zero-order chi connectivity index (χ0) is 17.6. The summed E-state index contributed by atoms with van der Waals surface area (Å²) in [5.74, 6) is -0.443. The minimum absolute atomic E-state index is 0.0758. The maximum atomic E-state index is 13.1. The number of hydrogen-bond acceptors (Lipinski definition) is 4. The first-order chi connectivity index (χ1) is 12.1. The van der Waals surface area contributed by atoms with Gasteiger partial charge in [0.25, 0.3) is 0 Å². The lowest BCUT2D eigenvalue weighted by atomic mass is 10.2. The Balaban J connectivity index is 1.51. The maximum absolute atomic E-state index is 13.1. The number of thioether (sulfide) groups is 1. The van der Waals surface area contributed by atoms with Crippen molar-refractivity contribution in [3.8, 4) is 0 Å². The molecule has 1 aliphatic heterocycles. The van der Waals surface area contributed by atoms with Gasteiger partial charge in [-0.2, -0.15) is 4.99 Å². The Morgan fingerprint density at radius 1 is 1.28 bits per heavy atom. The third-order valence-electron chi connectivity index (χ3n) is 3.34. The summed E-state index contributed by atoms with van der Waals surface area (Å²) < 4.78 is 13.1. The van der Waals surface area contributed by atoms with Crippen LogP contribution in [0.15, 0.2) is 70.4 Å². The molecule has 0 amide bonds. The van der Waals surface area contributed by atoms with Gasteiger partial charge in [0.05, 0.1) is 5.02 Å². The highest BCUT2D eigenvalue weighted by Crippen LogP contribution is 2.25. The molecule has 128 valence electrons. The molecule has 1 heterocycles. The first kappa shape index (κ1) is 17.5. The van der Waals surface area contributed by atoms with E-state index in [0.29, 0.717) is 16.0 Å². The highest BCUT2D eigenvalue weighted by molar-refractivity contribution is 8.29. The molecule has 0 saturated carbocycles. The van der Waals surface area contributed by atoms with Crippen LogP contribution in [0.1, 0.15) is 12.5 Å². The van der Waals surface area contributed by atoms with Crippen LogP contribution in [0.5, 0.6) is 0 Å². The standard InChI is InChI=1S/C18H16ClFN4S/c1-12(21-11-13-5-3-2-4-6-13)10-22-17-24-18(25-17)23-14-7-8-16(20)15(19)9-14/h2-10,21H,11H2,1H3,(H,22,23,24). The summed E-state index contributed by atoms with van der Waals surface area (Å²) in [4.78, 5) is 8.58. The second-order valence-corrected chi connectivity index (χ2v) is 6.70. The van der Waals surface area contributed by atoms with E-state index in [1.54, 1.807) is 12.3 Å². The average molecular weight is 375 g/mol. The molecule has 1 aliphatic rings. The van der Waals surface area contributed by atoms with Crippen LogP contribution in [0.4, 0.5) is 10.1 Å². The van der Waals surface area contributed by atoms with Gasteiger partial charge in [-0.25, -0.2) is 9.38 Å².